The van der Waals surface area contributed by atoms with Gasteiger partial charge in [0.2, 0.25) is 0 Å². The fraction of sp³-hybridized carbons (Fsp3) is 0.182. The van der Waals surface area contributed by atoms with E-state index < -0.39 is 11.9 Å². The van der Waals surface area contributed by atoms with Gasteiger partial charge in [-0.05, 0) is 18.2 Å². The Hall–Kier alpha value is -1.34. The van der Waals surface area contributed by atoms with Crippen LogP contribution in [0.15, 0.2) is 34.9 Å². The first-order chi connectivity index (χ1) is 8.43. The van der Waals surface area contributed by atoms with Crippen molar-refractivity contribution in [2.24, 2.45) is 5.73 Å². The van der Waals surface area contributed by atoms with Gasteiger partial charge in [-0.1, -0.05) is 22.0 Å². The number of alkyl halides is 3. The molecule has 1 aromatic carbocycles. The van der Waals surface area contributed by atoms with Crippen LogP contribution in [-0.2, 0) is 12.7 Å². The largest absolute Gasteiger partial charge is 0.433 e. The molecule has 0 spiro atoms. The van der Waals surface area contributed by atoms with E-state index in [0.717, 1.165) is 10.9 Å². The summed E-state index contributed by atoms with van der Waals surface area (Å²) in [7, 11) is 0. The number of nitrogens with zero attached hydrogens (tertiary/aromatic N) is 2. The van der Waals surface area contributed by atoms with Crippen LogP contribution in [0.4, 0.5) is 13.2 Å². The van der Waals surface area contributed by atoms with Crippen LogP contribution in [0.25, 0.3) is 5.69 Å². The van der Waals surface area contributed by atoms with Gasteiger partial charge >= 0.3 is 6.18 Å². The first-order valence-electron chi connectivity index (χ1n) is 5.03. The van der Waals surface area contributed by atoms with Gasteiger partial charge in [0.25, 0.3) is 0 Å². The van der Waals surface area contributed by atoms with Gasteiger partial charge in [-0.25, -0.2) is 4.68 Å². The number of halogens is 4. The smallest absolute Gasteiger partial charge is 0.326 e. The monoisotopic (exact) mass is 319 g/mol. The third kappa shape index (κ3) is 2.41. The Labute approximate surface area is 110 Å². The first kappa shape index (κ1) is 13.1. The zero-order valence-corrected chi connectivity index (χ0v) is 10.7. The van der Waals surface area contributed by atoms with Crippen LogP contribution in [0, 0.1) is 0 Å². The molecule has 0 fully saturated rings. The Morgan fingerprint density at radius 2 is 2.06 bits per heavy atom. The molecule has 0 aliphatic carbocycles. The fourth-order valence-electron chi connectivity index (χ4n) is 1.64. The Morgan fingerprint density at radius 3 is 2.61 bits per heavy atom. The predicted octanol–water partition coefficient (Wildman–Crippen LogP) is 3.11. The molecular formula is C11H9BrF3N3. The van der Waals surface area contributed by atoms with Gasteiger partial charge in [0.15, 0.2) is 5.69 Å². The summed E-state index contributed by atoms with van der Waals surface area (Å²) < 4.78 is 40.5. The van der Waals surface area contributed by atoms with Crippen LogP contribution in [-0.4, -0.2) is 9.78 Å². The first-order valence-corrected chi connectivity index (χ1v) is 5.83. The Bertz CT molecular complexity index is 563. The van der Waals surface area contributed by atoms with Gasteiger partial charge in [0, 0.05) is 16.6 Å². The van der Waals surface area contributed by atoms with Gasteiger partial charge in [-0.15, -0.1) is 0 Å². The fourth-order valence-corrected chi connectivity index (χ4v) is 2.02. The van der Waals surface area contributed by atoms with Crippen molar-refractivity contribution in [1.29, 1.82) is 0 Å². The molecule has 0 radical (unpaired) electrons. The number of hydrogen-bond acceptors (Lipinski definition) is 2. The van der Waals surface area contributed by atoms with Crippen LogP contribution in [0.2, 0.25) is 0 Å². The van der Waals surface area contributed by atoms with Crippen molar-refractivity contribution in [3.8, 4) is 5.69 Å². The molecule has 2 rings (SSSR count). The quantitative estimate of drug-likeness (QED) is 0.924. The summed E-state index contributed by atoms with van der Waals surface area (Å²) in [6.07, 6.45) is -3.35. The molecule has 0 atom stereocenters. The van der Waals surface area contributed by atoms with Crippen molar-refractivity contribution in [1.82, 2.24) is 9.78 Å². The SMILES string of the molecule is NCc1cnn(-c2cccc(Br)c2)c1C(F)(F)F. The van der Waals surface area contributed by atoms with Crippen molar-refractivity contribution in [3.63, 3.8) is 0 Å². The standard InChI is InChI=1S/C11H9BrF3N3/c12-8-2-1-3-9(4-8)18-10(11(13,14)15)7(5-16)6-17-18/h1-4,6H,5,16H2. The molecule has 0 amide bonds. The molecule has 0 saturated carbocycles. The molecule has 0 unspecified atom stereocenters. The van der Waals surface area contributed by atoms with E-state index in [1.807, 2.05) is 0 Å². The summed E-state index contributed by atoms with van der Waals surface area (Å²) in [6, 6.07) is 6.48. The lowest BCUT2D eigenvalue weighted by atomic mass is 10.2. The molecule has 0 aliphatic heterocycles. The lowest BCUT2D eigenvalue weighted by Crippen LogP contribution is -2.16. The highest BCUT2D eigenvalue weighted by Crippen LogP contribution is 2.33. The molecule has 1 aromatic heterocycles. The highest BCUT2D eigenvalue weighted by molar-refractivity contribution is 9.10. The molecule has 3 nitrogen and oxygen atoms in total. The molecule has 2 N–H and O–H groups in total. The lowest BCUT2D eigenvalue weighted by molar-refractivity contribution is -0.143. The van der Waals surface area contributed by atoms with E-state index in [1.54, 1.807) is 24.3 Å². The van der Waals surface area contributed by atoms with Crippen molar-refractivity contribution < 1.29 is 13.2 Å². The maximum atomic E-state index is 13.0. The van der Waals surface area contributed by atoms with E-state index in [1.165, 1.54) is 0 Å². The van der Waals surface area contributed by atoms with Gasteiger partial charge in [-0.2, -0.15) is 18.3 Å². The second-order valence-corrected chi connectivity index (χ2v) is 4.53. The molecule has 0 bridgehead atoms. The third-order valence-electron chi connectivity index (χ3n) is 2.39. The number of benzene rings is 1. The summed E-state index contributed by atoms with van der Waals surface area (Å²) in [5.41, 5.74) is 4.78. The van der Waals surface area contributed by atoms with Crippen LogP contribution in [0.1, 0.15) is 11.3 Å². The van der Waals surface area contributed by atoms with Gasteiger partial charge in [0.05, 0.1) is 11.9 Å². The molecule has 1 heterocycles. The highest BCUT2D eigenvalue weighted by atomic mass is 79.9. The minimum Gasteiger partial charge on any atom is -0.326 e. The molecular weight excluding hydrogens is 311 g/mol. The average Bonchev–Trinajstić information content (AvgIpc) is 2.72. The second kappa shape index (κ2) is 4.74. The number of hydrogen-bond donors (Lipinski definition) is 1. The van der Waals surface area contributed by atoms with E-state index in [2.05, 4.69) is 21.0 Å². The zero-order chi connectivity index (χ0) is 13.3. The van der Waals surface area contributed by atoms with E-state index in [-0.39, 0.29) is 12.1 Å². The molecule has 7 heteroatoms. The topological polar surface area (TPSA) is 43.8 Å². The van der Waals surface area contributed by atoms with Crippen molar-refractivity contribution in [2.75, 3.05) is 0 Å². The lowest BCUT2D eigenvalue weighted by Gasteiger charge is -2.12. The molecule has 2 aromatic rings. The summed E-state index contributed by atoms with van der Waals surface area (Å²) in [6.45, 7) is -0.206. The Kier molecular flexibility index (Phi) is 3.45. The van der Waals surface area contributed by atoms with Crippen LogP contribution in [0.5, 0.6) is 0 Å². The van der Waals surface area contributed by atoms with Gasteiger partial charge in [-0.3, -0.25) is 0 Å². The maximum absolute atomic E-state index is 13.0. The van der Waals surface area contributed by atoms with E-state index in [9.17, 15) is 13.2 Å². The van der Waals surface area contributed by atoms with E-state index in [0.29, 0.717) is 10.2 Å². The van der Waals surface area contributed by atoms with Crippen LogP contribution >= 0.6 is 15.9 Å². The summed E-state index contributed by atoms with van der Waals surface area (Å²) >= 11 is 3.21. The summed E-state index contributed by atoms with van der Waals surface area (Å²) in [5.74, 6) is 0. The third-order valence-corrected chi connectivity index (χ3v) is 2.88. The maximum Gasteiger partial charge on any atom is 0.433 e. The molecule has 0 aliphatic rings. The van der Waals surface area contributed by atoms with Crippen LogP contribution in [0.3, 0.4) is 0 Å². The molecule has 96 valence electrons. The minimum atomic E-state index is -4.49. The Morgan fingerprint density at radius 1 is 1.33 bits per heavy atom. The van der Waals surface area contributed by atoms with Crippen molar-refractivity contribution in [2.45, 2.75) is 12.7 Å². The molecule has 0 saturated heterocycles. The Balaban J connectivity index is 2.62. The van der Waals surface area contributed by atoms with Gasteiger partial charge < -0.3 is 5.73 Å². The highest BCUT2D eigenvalue weighted by Gasteiger charge is 2.38. The van der Waals surface area contributed by atoms with E-state index >= 15 is 0 Å². The molecule has 18 heavy (non-hydrogen) atoms. The van der Waals surface area contributed by atoms with Gasteiger partial charge in [0.1, 0.15) is 0 Å². The zero-order valence-electron chi connectivity index (χ0n) is 9.08. The average molecular weight is 320 g/mol. The number of aromatic nitrogens is 2. The predicted molar refractivity (Wildman–Crippen MR) is 64.2 cm³/mol. The van der Waals surface area contributed by atoms with Crippen molar-refractivity contribution >= 4 is 15.9 Å². The normalized spacial score (nSPS) is 11.8. The minimum absolute atomic E-state index is 0.0255. The number of nitrogens with two attached hydrogens (primary N) is 1. The number of rotatable bonds is 2. The summed E-state index contributed by atoms with van der Waals surface area (Å²) in [5, 5.41) is 3.76. The summed E-state index contributed by atoms with van der Waals surface area (Å²) in [4.78, 5) is 0. The van der Waals surface area contributed by atoms with Crippen molar-refractivity contribution in [3.05, 3.63) is 46.2 Å². The van der Waals surface area contributed by atoms with Crippen LogP contribution < -0.4 is 5.73 Å². The second-order valence-electron chi connectivity index (χ2n) is 3.61. The van der Waals surface area contributed by atoms with E-state index in [4.69, 9.17) is 5.73 Å².